The first-order chi connectivity index (χ1) is 14.5. The molecule has 0 aromatic heterocycles. The van der Waals surface area contributed by atoms with Crippen molar-refractivity contribution < 1.29 is 28.8 Å². The molecule has 0 spiro atoms. The molecule has 0 saturated carbocycles. The lowest BCUT2D eigenvalue weighted by molar-refractivity contribution is -0.384. The molecule has 1 aliphatic rings. The van der Waals surface area contributed by atoms with E-state index in [4.69, 9.17) is 51.1 Å². The zero-order valence-electron chi connectivity index (χ0n) is 15.0. The Morgan fingerprint density at radius 1 is 0.968 bits per heavy atom. The SMILES string of the molecule is O=C(CN1C(=O)c2c(Cl)c(Cl)c(Cl)c(Cl)c2C1=O)OCC(=O)c1cccc([N+](=O)[O-])c1. The molecular weight excluding hydrogens is 498 g/mol. The second-order valence-corrected chi connectivity index (χ2v) is 7.61. The van der Waals surface area contributed by atoms with Crippen LogP contribution in [-0.4, -0.2) is 46.5 Å². The number of benzene rings is 2. The number of carbonyl (C=O) groups excluding carboxylic acids is 4. The number of carbonyl (C=O) groups is 4. The fraction of sp³-hybridized carbons (Fsp3) is 0.111. The fourth-order valence-corrected chi connectivity index (χ4v) is 3.75. The number of rotatable bonds is 6. The molecule has 3 rings (SSSR count). The Hall–Kier alpha value is -2.72. The first-order valence-electron chi connectivity index (χ1n) is 8.20. The van der Waals surface area contributed by atoms with Gasteiger partial charge in [0.25, 0.3) is 17.5 Å². The van der Waals surface area contributed by atoms with Crippen molar-refractivity contribution in [2.75, 3.05) is 13.2 Å². The van der Waals surface area contributed by atoms with Gasteiger partial charge in [-0.3, -0.25) is 34.2 Å². The van der Waals surface area contributed by atoms with Gasteiger partial charge >= 0.3 is 5.97 Å². The van der Waals surface area contributed by atoms with Crippen LogP contribution in [0.4, 0.5) is 5.69 Å². The summed E-state index contributed by atoms with van der Waals surface area (Å²) in [4.78, 5) is 60.0. The van der Waals surface area contributed by atoms with E-state index in [1.165, 1.54) is 18.2 Å². The molecule has 2 aromatic carbocycles. The van der Waals surface area contributed by atoms with Crippen LogP contribution in [0.1, 0.15) is 31.1 Å². The summed E-state index contributed by atoms with van der Waals surface area (Å²) >= 11 is 23.8. The van der Waals surface area contributed by atoms with Crippen LogP contribution in [0.2, 0.25) is 20.1 Å². The second kappa shape index (κ2) is 8.80. The Bertz CT molecular complexity index is 1130. The zero-order valence-corrected chi connectivity index (χ0v) is 18.0. The predicted octanol–water partition coefficient (Wildman–Crippen LogP) is 4.23. The van der Waals surface area contributed by atoms with E-state index in [1.807, 2.05) is 0 Å². The monoisotopic (exact) mass is 504 g/mol. The lowest BCUT2D eigenvalue weighted by atomic mass is 10.1. The van der Waals surface area contributed by atoms with Gasteiger partial charge in [-0.25, -0.2) is 0 Å². The molecule has 0 N–H and O–H groups in total. The minimum absolute atomic E-state index is 0.0504. The van der Waals surface area contributed by atoms with Crippen molar-refractivity contribution in [3.8, 4) is 0 Å². The highest BCUT2D eigenvalue weighted by Crippen LogP contribution is 2.44. The van der Waals surface area contributed by atoms with Crippen LogP contribution >= 0.6 is 46.4 Å². The molecule has 0 fully saturated rings. The van der Waals surface area contributed by atoms with E-state index in [0.717, 1.165) is 6.07 Å². The third-order valence-corrected chi connectivity index (χ3v) is 6.02. The second-order valence-electron chi connectivity index (χ2n) is 6.09. The third kappa shape index (κ3) is 4.22. The molecule has 2 aromatic rings. The number of fused-ring (bicyclic) bond motifs is 1. The highest BCUT2D eigenvalue weighted by molar-refractivity contribution is 6.55. The topological polar surface area (TPSA) is 124 Å². The highest BCUT2D eigenvalue weighted by atomic mass is 35.5. The van der Waals surface area contributed by atoms with Crippen molar-refractivity contribution in [2.24, 2.45) is 0 Å². The number of esters is 1. The van der Waals surface area contributed by atoms with E-state index in [-0.39, 0.29) is 42.5 Å². The number of nitro benzene ring substituents is 1. The summed E-state index contributed by atoms with van der Waals surface area (Å²) in [6, 6.07) is 4.83. The van der Waals surface area contributed by atoms with Gasteiger partial charge in [-0.2, -0.15) is 0 Å². The number of imide groups is 1. The minimum Gasteiger partial charge on any atom is -0.456 e. The normalized spacial score (nSPS) is 12.7. The number of ketones is 1. The largest absolute Gasteiger partial charge is 0.456 e. The molecule has 13 heteroatoms. The smallest absolute Gasteiger partial charge is 0.326 e. The van der Waals surface area contributed by atoms with Crippen LogP contribution in [0.3, 0.4) is 0 Å². The molecule has 0 aliphatic carbocycles. The first kappa shape index (κ1) is 23.0. The Morgan fingerprint density at radius 3 is 2.03 bits per heavy atom. The van der Waals surface area contributed by atoms with Crippen molar-refractivity contribution in [3.05, 3.63) is 71.2 Å². The van der Waals surface area contributed by atoms with Crippen molar-refractivity contribution in [2.45, 2.75) is 0 Å². The fourth-order valence-electron chi connectivity index (χ4n) is 2.74. The molecule has 0 bridgehead atoms. The van der Waals surface area contributed by atoms with E-state index in [0.29, 0.717) is 4.90 Å². The number of nitro groups is 1. The van der Waals surface area contributed by atoms with Gasteiger partial charge in [0.15, 0.2) is 6.61 Å². The van der Waals surface area contributed by atoms with Crippen molar-refractivity contribution in [1.29, 1.82) is 0 Å². The van der Waals surface area contributed by atoms with E-state index in [1.54, 1.807) is 0 Å². The summed E-state index contributed by atoms with van der Waals surface area (Å²) < 4.78 is 4.80. The maximum absolute atomic E-state index is 12.6. The van der Waals surface area contributed by atoms with Crippen LogP contribution in [-0.2, 0) is 9.53 Å². The van der Waals surface area contributed by atoms with Gasteiger partial charge in [0.1, 0.15) is 6.54 Å². The van der Waals surface area contributed by atoms with E-state index >= 15 is 0 Å². The predicted molar refractivity (Wildman–Crippen MR) is 110 cm³/mol. The number of non-ortho nitro benzene ring substituents is 1. The number of ether oxygens (including phenoxy) is 1. The van der Waals surface area contributed by atoms with Gasteiger partial charge in [-0.05, 0) is 0 Å². The van der Waals surface area contributed by atoms with Gasteiger partial charge in [0.05, 0.1) is 36.1 Å². The third-order valence-electron chi connectivity index (χ3n) is 4.22. The highest BCUT2D eigenvalue weighted by Gasteiger charge is 2.42. The van der Waals surface area contributed by atoms with Crippen LogP contribution in [0.15, 0.2) is 24.3 Å². The number of hydrogen-bond acceptors (Lipinski definition) is 7. The molecule has 1 heterocycles. The molecule has 2 amide bonds. The summed E-state index contributed by atoms with van der Waals surface area (Å²) in [5, 5.41) is 9.76. The number of hydrogen-bond donors (Lipinski definition) is 0. The molecule has 0 unspecified atom stereocenters. The molecule has 0 atom stereocenters. The average molecular weight is 506 g/mol. The van der Waals surface area contributed by atoms with Gasteiger partial charge < -0.3 is 4.74 Å². The van der Waals surface area contributed by atoms with Crippen molar-refractivity contribution >= 4 is 75.7 Å². The van der Waals surface area contributed by atoms with Crippen molar-refractivity contribution in [3.63, 3.8) is 0 Å². The van der Waals surface area contributed by atoms with E-state index in [9.17, 15) is 29.3 Å². The van der Waals surface area contributed by atoms with Gasteiger partial charge in [0.2, 0.25) is 5.78 Å². The average Bonchev–Trinajstić information content (AvgIpc) is 2.99. The van der Waals surface area contributed by atoms with Crippen LogP contribution in [0.25, 0.3) is 0 Å². The van der Waals surface area contributed by atoms with Gasteiger partial charge in [-0.15, -0.1) is 0 Å². The standard InChI is InChI=1S/C18H8Cl4N2O7/c19-13-11-12(14(20)16(22)15(13)21)18(28)23(17(11)27)5-10(26)31-6-9(25)7-2-1-3-8(4-7)24(29)30/h1-4H,5-6H2. The minimum atomic E-state index is -1.09. The maximum Gasteiger partial charge on any atom is 0.326 e. The summed E-state index contributed by atoms with van der Waals surface area (Å²) in [6.07, 6.45) is 0. The van der Waals surface area contributed by atoms with E-state index < -0.39 is 41.6 Å². The number of halogens is 4. The number of amides is 2. The Balaban J connectivity index is 1.71. The summed E-state index contributed by atoms with van der Waals surface area (Å²) in [5.74, 6) is -3.68. The van der Waals surface area contributed by atoms with Gasteiger partial charge in [-0.1, -0.05) is 58.5 Å². The summed E-state index contributed by atoms with van der Waals surface area (Å²) in [7, 11) is 0. The van der Waals surface area contributed by atoms with Crippen molar-refractivity contribution in [1.82, 2.24) is 4.90 Å². The van der Waals surface area contributed by atoms with Crippen LogP contribution in [0, 0.1) is 10.1 Å². The molecule has 31 heavy (non-hydrogen) atoms. The quantitative estimate of drug-likeness (QED) is 0.109. The van der Waals surface area contributed by atoms with Crippen LogP contribution in [0.5, 0.6) is 0 Å². The van der Waals surface area contributed by atoms with Crippen LogP contribution < -0.4 is 0 Å². The molecule has 160 valence electrons. The Kier molecular flexibility index (Phi) is 6.51. The molecule has 1 aliphatic heterocycles. The number of nitrogens with zero attached hydrogens (tertiary/aromatic N) is 2. The summed E-state index contributed by atoms with van der Waals surface area (Å²) in [5.41, 5.74) is -0.960. The zero-order chi connectivity index (χ0) is 23.0. The lowest BCUT2D eigenvalue weighted by Crippen LogP contribution is -2.36. The van der Waals surface area contributed by atoms with E-state index in [2.05, 4.69) is 0 Å². The molecule has 9 nitrogen and oxygen atoms in total. The summed E-state index contributed by atoms with van der Waals surface area (Å²) in [6.45, 7) is -1.60. The first-order valence-corrected chi connectivity index (χ1v) is 9.71. The number of Topliss-reactive ketones (excluding diaryl/α,β-unsaturated/α-hetero) is 1. The Morgan fingerprint density at radius 2 is 1.52 bits per heavy atom. The molecule has 0 saturated heterocycles. The molecular formula is C18H8Cl4N2O7. The lowest BCUT2D eigenvalue weighted by Gasteiger charge is -2.13. The molecule has 0 radical (unpaired) electrons. The van der Waals surface area contributed by atoms with Gasteiger partial charge in [0, 0.05) is 17.7 Å². The maximum atomic E-state index is 12.6. The Labute approximate surface area is 193 Å².